The number of nitrogens with one attached hydrogen (secondary N) is 2. The number of carbonyl (C=O) groups is 1. The Balaban J connectivity index is 2.46. The van der Waals surface area contributed by atoms with Crippen molar-refractivity contribution < 1.29 is 4.79 Å². The maximum absolute atomic E-state index is 11.6. The Hall–Kier alpha value is -1.35. The third-order valence-corrected chi connectivity index (χ3v) is 2.86. The first-order valence-corrected chi connectivity index (χ1v) is 6.83. The van der Waals surface area contributed by atoms with Gasteiger partial charge in [0.05, 0.1) is 6.54 Å². The summed E-state index contributed by atoms with van der Waals surface area (Å²) in [7, 11) is 0. The lowest BCUT2D eigenvalue weighted by molar-refractivity contribution is -0.120. The van der Waals surface area contributed by atoms with Crippen LogP contribution >= 0.6 is 0 Å². The molecule has 1 atom stereocenters. The highest BCUT2D eigenvalue weighted by Gasteiger charge is 2.10. The molecule has 1 rings (SSSR count). The molecular weight excluding hydrogens is 224 g/mol. The van der Waals surface area contributed by atoms with Crippen LogP contribution in [0.3, 0.4) is 0 Å². The highest BCUT2D eigenvalue weighted by molar-refractivity contribution is 5.77. The molecule has 0 aromatic heterocycles. The second kappa shape index (κ2) is 8.70. The van der Waals surface area contributed by atoms with E-state index in [0.717, 1.165) is 25.8 Å². The van der Waals surface area contributed by atoms with Crippen molar-refractivity contribution in [2.45, 2.75) is 39.2 Å². The van der Waals surface area contributed by atoms with Gasteiger partial charge in [0.25, 0.3) is 0 Å². The topological polar surface area (TPSA) is 41.1 Å². The van der Waals surface area contributed by atoms with Crippen molar-refractivity contribution >= 4 is 5.91 Å². The van der Waals surface area contributed by atoms with E-state index in [1.54, 1.807) is 0 Å². The Bertz CT molecular complexity index is 338. The molecule has 0 saturated carbocycles. The molecule has 0 fully saturated rings. The fraction of sp³-hybridized carbons (Fsp3) is 0.533. The molecule has 100 valence electrons. The van der Waals surface area contributed by atoms with Crippen LogP contribution in [0.4, 0.5) is 0 Å². The summed E-state index contributed by atoms with van der Waals surface area (Å²) in [6.07, 6.45) is 3.12. The van der Waals surface area contributed by atoms with Gasteiger partial charge in [-0.05, 0) is 18.4 Å². The summed E-state index contributed by atoms with van der Waals surface area (Å²) in [6.45, 7) is 5.36. The Morgan fingerprint density at radius 1 is 1.17 bits per heavy atom. The first-order chi connectivity index (χ1) is 8.77. The highest BCUT2D eigenvalue weighted by atomic mass is 16.1. The summed E-state index contributed by atoms with van der Waals surface area (Å²) in [5.74, 6) is 0.0777. The van der Waals surface area contributed by atoms with Crippen LogP contribution in [-0.4, -0.2) is 19.0 Å². The quantitative estimate of drug-likeness (QED) is 0.742. The predicted octanol–water partition coefficient (Wildman–Crippen LogP) is 2.64. The van der Waals surface area contributed by atoms with Gasteiger partial charge in [0.2, 0.25) is 5.91 Å². The minimum absolute atomic E-state index is 0.0777. The van der Waals surface area contributed by atoms with E-state index < -0.39 is 0 Å². The van der Waals surface area contributed by atoms with Crippen LogP contribution in [0.5, 0.6) is 0 Å². The van der Waals surface area contributed by atoms with E-state index in [0.29, 0.717) is 6.54 Å². The molecule has 0 aliphatic heterocycles. The second-order valence-electron chi connectivity index (χ2n) is 4.48. The van der Waals surface area contributed by atoms with Crippen LogP contribution in [-0.2, 0) is 4.79 Å². The molecule has 0 bridgehead atoms. The van der Waals surface area contributed by atoms with Crippen LogP contribution in [0.15, 0.2) is 30.3 Å². The molecular formula is C15H24N2O. The zero-order valence-corrected chi connectivity index (χ0v) is 11.4. The van der Waals surface area contributed by atoms with E-state index in [2.05, 4.69) is 36.6 Å². The van der Waals surface area contributed by atoms with Crippen LogP contribution < -0.4 is 10.6 Å². The molecule has 0 spiro atoms. The first kappa shape index (κ1) is 14.7. The SMILES string of the molecule is CCCNC(=O)CNC(CCC)c1ccccc1. The number of hydrogen-bond donors (Lipinski definition) is 2. The zero-order chi connectivity index (χ0) is 13.2. The van der Waals surface area contributed by atoms with Crippen LogP contribution in [0.2, 0.25) is 0 Å². The van der Waals surface area contributed by atoms with Crippen LogP contribution in [0.1, 0.15) is 44.7 Å². The van der Waals surface area contributed by atoms with Crippen molar-refractivity contribution in [3.8, 4) is 0 Å². The molecule has 1 aromatic rings. The van der Waals surface area contributed by atoms with Gasteiger partial charge < -0.3 is 10.6 Å². The molecule has 1 aromatic carbocycles. The Morgan fingerprint density at radius 3 is 2.50 bits per heavy atom. The maximum atomic E-state index is 11.6. The van der Waals surface area contributed by atoms with Crippen molar-refractivity contribution in [3.63, 3.8) is 0 Å². The highest BCUT2D eigenvalue weighted by Crippen LogP contribution is 2.17. The first-order valence-electron chi connectivity index (χ1n) is 6.83. The van der Waals surface area contributed by atoms with E-state index in [1.165, 1.54) is 5.56 Å². The molecule has 0 aliphatic rings. The number of amides is 1. The lowest BCUT2D eigenvalue weighted by Crippen LogP contribution is -2.36. The van der Waals surface area contributed by atoms with E-state index in [9.17, 15) is 4.79 Å². The summed E-state index contributed by atoms with van der Waals surface area (Å²) in [5, 5.41) is 6.21. The normalized spacial score (nSPS) is 12.1. The van der Waals surface area contributed by atoms with Gasteiger partial charge in [-0.25, -0.2) is 0 Å². The number of benzene rings is 1. The van der Waals surface area contributed by atoms with Crippen molar-refractivity contribution in [2.24, 2.45) is 0 Å². The average molecular weight is 248 g/mol. The van der Waals surface area contributed by atoms with E-state index in [-0.39, 0.29) is 11.9 Å². The maximum Gasteiger partial charge on any atom is 0.233 e. The number of carbonyl (C=O) groups excluding carboxylic acids is 1. The van der Waals surface area contributed by atoms with Gasteiger partial charge in [0.15, 0.2) is 0 Å². The largest absolute Gasteiger partial charge is 0.355 e. The summed E-state index contributed by atoms with van der Waals surface area (Å²) in [6, 6.07) is 10.6. The van der Waals surface area contributed by atoms with Crippen LogP contribution in [0, 0.1) is 0 Å². The zero-order valence-electron chi connectivity index (χ0n) is 11.4. The molecule has 0 saturated heterocycles. The van der Waals surface area contributed by atoms with Gasteiger partial charge in [-0.3, -0.25) is 4.79 Å². The lowest BCUT2D eigenvalue weighted by Gasteiger charge is -2.18. The van der Waals surface area contributed by atoms with Crippen molar-refractivity contribution in [2.75, 3.05) is 13.1 Å². The molecule has 2 N–H and O–H groups in total. The summed E-state index contributed by atoms with van der Waals surface area (Å²) in [4.78, 5) is 11.6. The monoisotopic (exact) mass is 248 g/mol. The molecule has 3 heteroatoms. The third kappa shape index (κ3) is 5.32. The van der Waals surface area contributed by atoms with Crippen molar-refractivity contribution in [1.29, 1.82) is 0 Å². The summed E-state index contributed by atoms with van der Waals surface area (Å²) in [5.41, 5.74) is 1.25. The fourth-order valence-corrected chi connectivity index (χ4v) is 1.90. The third-order valence-electron chi connectivity index (χ3n) is 2.86. The molecule has 3 nitrogen and oxygen atoms in total. The molecule has 1 unspecified atom stereocenters. The summed E-state index contributed by atoms with van der Waals surface area (Å²) >= 11 is 0. The Morgan fingerprint density at radius 2 is 1.89 bits per heavy atom. The van der Waals surface area contributed by atoms with Gasteiger partial charge in [-0.15, -0.1) is 0 Å². The average Bonchev–Trinajstić information content (AvgIpc) is 2.42. The molecule has 18 heavy (non-hydrogen) atoms. The minimum Gasteiger partial charge on any atom is -0.355 e. The summed E-state index contributed by atoms with van der Waals surface area (Å²) < 4.78 is 0. The smallest absolute Gasteiger partial charge is 0.233 e. The number of rotatable bonds is 8. The molecule has 0 aliphatic carbocycles. The Kier molecular flexibility index (Phi) is 7.11. The number of hydrogen-bond acceptors (Lipinski definition) is 2. The standard InChI is InChI=1S/C15H24N2O/c1-3-8-14(13-9-6-5-7-10-13)17-12-15(18)16-11-4-2/h5-7,9-10,14,17H,3-4,8,11-12H2,1-2H3,(H,16,18). The minimum atomic E-state index is 0.0777. The lowest BCUT2D eigenvalue weighted by atomic mass is 10.0. The van der Waals surface area contributed by atoms with Crippen molar-refractivity contribution in [3.05, 3.63) is 35.9 Å². The van der Waals surface area contributed by atoms with Gasteiger partial charge in [-0.1, -0.05) is 50.6 Å². The van der Waals surface area contributed by atoms with Gasteiger partial charge >= 0.3 is 0 Å². The van der Waals surface area contributed by atoms with Gasteiger partial charge in [-0.2, -0.15) is 0 Å². The molecule has 0 heterocycles. The van der Waals surface area contributed by atoms with Crippen LogP contribution in [0.25, 0.3) is 0 Å². The molecule has 1 amide bonds. The van der Waals surface area contributed by atoms with E-state index >= 15 is 0 Å². The Labute approximate surface area is 110 Å². The van der Waals surface area contributed by atoms with E-state index in [1.807, 2.05) is 18.2 Å². The van der Waals surface area contributed by atoms with Crippen molar-refractivity contribution in [1.82, 2.24) is 10.6 Å². The second-order valence-corrected chi connectivity index (χ2v) is 4.48. The molecule has 0 radical (unpaired) electrons. The van der Waals surface area contributed by atoms with Gasteiger partial charge in [0, 0.05) is 12.6 Å². The van der Waals surface area contributed by atoms with Gasteiger partial charge in [0.1, 0.15) is 0 Å². The fourth-order valence-electron chi connectivity index (χ4n) is 1.90. The predicted molar refractivity (Wildman–Crippen MR) is 75.4 cm³/mol. The van der Waals surface area contributed by atoms with E-state index in [4.69, 9.17) is 0 Å².